The standard InChI is InChI=1S/C16H18N2O2/c1-12(2)16(20)13-8-9-18(10-13)11-15(19)17-14-6-4-3-5-7-14/h3-10,12H,11H2,1-2H3,(H,17,19). The van der Waals surface area contributed by atoms with Crippen molar-refractivity contribution in [3.05, 3.63) is 54.4 Å². The van der Waals surface area contributed by atoms with Crippen molar-refractivity contribution in [1.29, 1.82) is 0 Å². The molecule has 2 aromatic rings. The van der Waals surface area contributed by atoms with Gasteiger partial charge < -0.3 is 9.88 Å². The van der Waals surface area contributed by atoms with E-state index in [-0.39, 0.29) is 24.2 Å². The maximum Gasteiger partial charge on any atom is 0.244 e. The molecular weight excluding hydrogens is 252 g/mol. The van der Waals surface area contributed by atoms with E-state index in [2.05, 4.69) is 5.32 Å². The van der Waals surface area contributed by atoms with E-state index in [1.807, 2.05) is 44.2 Å². The fourth-order valence-corrected chi connectivity index (χ4v) is 1.91. The van der Waals surface area contributed by atoms with Gasteiger partial charge in [-0.1, -0.05) is 32.0 Å². The second-order valence-electron chi connectivity index (χ2n) is 5.01. The maximum atomic E-state index is 11.9. The molecule has 0 aliphatic heterocycles. The number of amides is 1. The van der Waals surface area contributed by atoms with E-state index < -0.39 is 0 Å². The van der Waals surface area contributed by atoms with E-state index in [1.54, 1.807) is 23.0 Å². The van der Waals surface area contributed by atoms with Gasteiger partial charge >= 0.3 is 0 Å². The highest BCUT2D eigenvalue weighted by molar-refractivity contribution is 5.97. The lowest BCUT2D eigenvalue weighted by atomic mass is 10.0. The number of anilines is 1. The molecule has 0 aliphatic carbocycles. The number of carbonyl (C=O) groups excluding carboxylic acids is 2. The molecular formula is C16H18N2O2. The van der Waals surface area contributed by atoms with E-state index in [0.717, 1.165) is 5.69 Å². The van der Waals surface area contributed by atoms with Crippen LogP contribution in [-0.2, 0) is 11.3 Å². The average Bonchev–Trinajstić information content (AvgIpc) is 2.87. The minimum atomic E-state index is -0.115. The summed E-state index contributed by atoms with van der Waals surface area (Å²) in [6, 6.07) is 11.0. The summed E-state index contributed by atoms with van der Waals surface area (Å²) in [6.45, 7) is 3.92. The first kappa shape index (κ1) is 14.1. The summed E-state index contributed by atoms with van der Waals surface area (Å²) in [6.07, 6.45) is 3.47. The molecule has 4 nitrogen and oxygen atoms in total. The van der Waals surface area contributed by atoms with Gasteiger partial charge in [-0.05, 0) is 18.2 Å². The number of hydrogen-bond acceptors (Lipinski definition) is 2. The topological polar surface area (TPSA) is 51.1 Å². The van der Waals surface area contributed by atoms with Crippen molar-refractivity contribution in [3.8, 4) is 0 Å². The lowest BCUT2D eigenvalue weighted by molar-refractivity contribution is -0.116. The number of hydrogen-bond donors (Lipinski definition) is 1. The Hall–Kier alpha value is -2.36. The van der Waals surface area contributed by atoms with Crippen molar-refractivity contribution in [2.75, 3.05) is 5.32 Å². The summed E-state index contributed by atoms with van der Waals surface area (Å²) in [5.41, 5.74) is 1.41. The van der Waals surface area contributed by atoms with E-state index in [4.69, 9.17) is 0 Å². The molecule has 0 unspecified atom stereocenters. The molecule has 0 aliphatic rings. The molecule has 4 heteroatoms. The zero-order chi connectivity index (χ0) is 14.5. The molecule has 20 heavy (non-hydrogen) atoms. The maximum absolute atomic E-state index is 11.9. The number of carbonyl (C=O) groups is 2. The first-order chi connectivity index (χ1) is 9.56. The van der Waals surface area contributed by atoms with Crippen LogP contribution in [0.1, 0.15) is 24.2 Å². The van der Waals surface area contributed by atoms with Crippen LogP contribution < -0.4 is 5.32 Å². The molecule has 0 saturated carbocycles. The number of aromatic nitrogens is 1. The van der Waals surface area contributed by atoms with Crippen molar-refractivity contribution >= 4 is 17.4 Å². The molecule has 2 rings (SSSR count). The van der Waals surface area contributed by atoms with Crippen LogP contribution in [0.5, 0.6) is 0 Å². The van der Waals surface area contributed by atoms with Gasteiger partial charge in [0.1, 0.15) is 6.54 Å². The fraction of sp³-hybridized carbons (Fsp3) is 0.250. The number of para-hydroxylation sites is 1. The number of benzene rings is 1. The molecule has 104 valence electrons. The quantitative estimate of drug-likeness (QED) is 0.849. The Balaban J connectivity index is 1.97. The van der Waals surface area contributed by atoms with Gasteiger partial charge in [-0.25, -0.2) is 0 Å². The Labute approximate surface area is 118 Å². The van der Waals surface area contributed by atoms with Crippen molar-refractivity contribution in [3.63, 3.8) is 0 Å². The Morgan fingerprint density at radius 1 is 1.15 bits per heavy atom. The minimum absolute atomic E-state index is 0.0380. The van der Waals surface area contributed by atoms with E-state index in [9.17, 15) is 9.59 Å². The summed E-state index contributed by atoms with van der Waals surface area (Å²) < 4.78 is 1.72. The first-order valence-electron chi connectivity index (χ1n) is 6.61. The predicted octanol–water partition coefficient (Wildman–Crippen LogP) is 2.97. The van der Waals surface area contributed by atoms with Gasteiger partial charge in [0.25, 0.3) is 0 Å². The Bertz CT molecular complexity index is 600. The average molecular weight is 270 g/mol. The van der Waals surface area contributed by atoms with Crippen LogP contribution in [-0.4, -0.2) is 16.3 Å². The lowest BCUT2D eigenvalue weighted by Gasteiger charge is -2.05. The third-order valence-corrected chi connectivity index (χ3v) is 2.94. The second-order valence-corrected chi connectivity index (χ2v) is 5.01. The number of nitrogens with zero attached hydrogens (tertiary/aromatic N) is 1. The van der Waals surface area contributed by atoms with Crippen LogP contribution in [0.15, 0.2) is 48.8 Å². The van der Waals surface area contributed by atoms with Gasteiger partial charge in [0.05, 0.1) is 0 Å². The molecule has 1 heterocycles. The molecule has 0 spiro atoms. The predicted molar refractivity (Wildman–Crippen MR) is 78.7 cm³/mol. The Kier molecular flexibility index (Phi) is 4.35. The van der Waals surface area contributed by atoms with Crippen molar-refractivity contribution < 1.29 is 9.59 Å². The van der Waals surface area contributed by atoms with Crippen LogP contribution in [0, 0.1) is 5.92 Å². The van der Waals surface area contributed by atoms with Crippen LogP contribution >= 0.6 is 0 Å². The number of nitrogens with one attached hydrogen (secondary N) is 1. The zero-order valence-corrected chi connectivity index (χ0v) is 11.7. The first-order valence-corrected chi connectivity index (χ1v) is 6.61. The highest BCUT2D eigenvalue weighted by Gasteiger charge is 2.12. The summed E-state index contributed by atoms with van der Waals surface area (Å²) in [5.74, 6) is -0.0634. The largest absolute Gasteiger partial charge is 0.344 e. The van der Waals surface area contributed by atoms with Gasteiger partial charge in [-0.3, -0.25) is 9.59 Å². The molecule has 0 bridgehead atoms. The fourth-order valence-electron chi connectivity index (χ4n) is 1.91. The molecule has 0 radical (unpaired) electrons. The molecule has 1 N–H and O–H groups in total. The smallest absolute Gasteiger partial charge is 0.244 e. The molecule has 1 aromatic heterocycles. The van der Waals surface area contributed by atoms with Crippen LogP contribution in [0.2, 0.25) is 0 Å². The van der Waals surface area contributed by atoms with Crippen LogP contribution in [0.4, 0.5) is 5.69 Å². The van der Waals surface area contributed by atoms with Crippen LogP contribution in [0.3, 0.4) is 0 Å². The normalized spacial score (nSPS) is 10.6. The van der Waals surface area contributed by atoms with Crippen LogP contribution in [0.25, 0.3) is 0 Å². The van der Waals surface area contributed by atoms with Crippen molar-refractivity contribution in [1.82, 2.24) is 4.57 Å². The lowest BCUT2D eigenvalue weighted by Crippen LogP contribution is -2.17. The van der Waals surface area contributed by atoms with Crippen molar-refractivity contribution in [2.45, 2.75) is 20.4 Å². The van der Waals surface area contributed by atoms with E-state index in [0.29, 0.717) is 5.56 Å². The van der Waals surface area contributed by atoms with Crippen molar-refractivity contribution in [2.24, 2.45) is 5.92 Å². The van der Waals surface area contributed by atoms with E-state index >= 15 is 0 Å². The number of ketones is 1. The third-order valence-electron chi connectivity index (χ3n) is 2.94. The minimum Gasteiger partial charge on any atom is -0.344 e. The molecule has 0 saturated heterocycles. The van der Waals surface area contributed by atoms with Gasteiger partial charge in [0.15, 0.2) is 5.78 Å². The zero-order valence-electron chi connectivity index (χ0n) is 11.7. The Morgan fingerprint density at radius 3 is 2.50 bits per heavy atom. The molecule has 1 amide bonds. The number of Topliss-reactive ketones (excluding diaryl/α,β-unsaturated/α-hetero) is 1. The summed E-state index contributed by atoms with van der Waals surface area (Å²) in [7, 11) is 0. The number of rotatable bonds is 5. The summed E-state index contributed by atoms with van der Waals surface area (Å²) in [4.78, 5) is 23.7. The van der Waals surface area contributed by atoms with Gasteiger partial charge in [0, 0.05) is 29.6 Å². The SMILES string of the molecule is CC(C)C(=O)c1ccn(CC(=O)Nc2ccccc2)c1. The molecule has 1 aromatic carbocycles. The van der Waals surface area contributed by atoms with Gasteiger partial charge in [-0.2, -0.15) is 0 Å². The summed E-state index contributed by atoms with van der Waals surface area (Å²) >= 11 is 0. The van der Waals surface area contributed by atoms with Gasteiger partial charge in [0.2, 0.25) is 5.91 Å². The second kappa shape index (κ2) is 6.19. The Morgan fingerprint density at radius 2 is 1.85 bits per heavy atom. The van der Waals surface area contributed by atoms with E-state index in [1.165, 1.54) is 0 Å². The van der Waals surface area contributed by atoms with Gasteiger partial charge in [-0.15, -0.1) is 0 Å². The molecule has 0 fully saturated rings. The summed E-state index contributed by atoms with van der Waals surface area (Å²) in [5, 5.41) is 2.81. The third kappa shape index (κ3) is 3.57. The highest BCUT2D eigenvalue weighted by Crippen LogP contribution is 2.10. The monoisotopic (exact) mass is 270 g/mol. The molecule has 0 atom stereocenters. The highest BCUT2D eigenvalue weighted by atomic mass is 16.2.